The summed E-state index contributed by atoms with van der Waals surface area (Å²) in [4.78, 5) is 28.9. The molecule has 3 aromatic rings. The number of sulfonamides is 1. The third-order valence-electron chi connectivity index (χ3n) is 6.92. The largest absolute Gasteiger partial charge is 0.497 e. The highest BCUT2D eigenvalue weighted by molar-refractivity contribution is 7.92. The zero-order valence-corrected chi connectivity index (χ0v) is 26.1. The Morgan fingerprint density at radius 2 is 1.50 bits per heavy atom. The average Bonchev–Trinajstić information content (AvgIpc) is 2.99. The minimum atomic E-state index is -4.23. The van der Waals surface area contributed by atoms with E-state index in [0.29, 0.717) is 22.9 Å². The fraction of sp³-hybridized carbons (Fsp3) is 0.355. The highest BCUT2D eigenvalue weighted by Gasteiger charge is 2.34. The molecule has 0 fully saturated rings. The number of amides is 2. The molecule has 226 valence electrons. The molecular weight excluding hydrogens is 578 g/mol. The number of anilines is 1. The van der Waals surface area contributed by atoms with Crippen molar-refractivity contribution < 1.29 is 27.5 Å². The molecule has 9 nitrogen and oxygen atoms in total. The predicted octanol–water partition coefficient (Wildman–Crippen LogP) is 5.27. The van der Waals surface area contributed by atoms with Gasteiger partial charge >= 0.3 is 0 Å². The molecule has 2 atom stereocenters. The van der Waals surface area contributed by atoms with Crippen molar-refractivity contribution in [3.63, 3.8) is 0 Å². The molecule has 0 radical (unpaired) electrons. The first kappa shape index (κ1) is 32.8. The monoisotopic (exact) mass is 615 g/mol. The topological polar surface area (TPSA) is 105 Å². The molecule has 3 aromatic carbocycles. The quantitative estimate of drug-likeness (QED) is 0.265. The zero-order valence-electron chi connectivity index (χ0n) is 24.5. The van der Waals surface area contributed by atoms with Crippen molar-refractivity contribution in [3.05, 3.63) is 83.4 Å². The Balaban J connectivity index is 2.06. The molecule has 0 aliphatic rings. The van der Waals surface area contributed by atoms with Crippen LogP contribution in [-0.4, -0.2) is 58.0 Å². The van der Waals surface area contributed by atoms with Gasteiger partial charge in [-0.15, -0.1) is 0 Å². The van der Waals surface area contributed by atoms with Crippen LogP contribution in [0.1, 0.15) is 39.2 Å². The number of hydrogen-bond donors (Lipinski definition) is 1. The van der Waals surface area contributed by atoms with Gasteiger partial charge in [-0.25, -0.2) is 8.42 Å². The van der Waals surface area contributed by atoms with E-state index in [1.807, 2.05) is 20.8 Å². The zero-order chi connectivity index (χ0) is 30.9. The lowest BCUT2D eigenvalue weighted by atomic mass is 10.1. The SMILES string of the molecule is CC[C@@H](C)NC(=O)[C@@H](CC)N(Cc1ccc(OC)cc1)C(=O)CN(c1cccc(Cl)c1)S(=O)(=O)c1ccc(OC)cc1. The molecule has 0 heterocycles. The minimum absolute atomic E-state index is 0.0284. The molecule has 0 unspecified atom stereocenters. The van der Waals surface area contributed by atoms with Crippen molar-refractivity contribution in [1.82, 2.24) is 10.2 Å². The molecule has 2 amide bonds. The fourth-order valence-electron chi connectivity index (χ4n) is 4.32. The van der Waals surface area contributed by atoms with Crippen LogP contribution in [0, 0.1) is 0 Å². The summed E-state index contributed by atoms with van der Waals surface area (Å²) in [6, 6.07) is 18.4. The standard InChI is InChI=1S/C31H38ClN3O6S/c1-6-22(3)33-31(37)29(7-2)34(20-23-11-13-26(40-4)14-12-23)30(36)21-35(25-10-8-9-24(32)19-25)42(38,39)28-17-15-27(41-5)16-18-28/h8-19,22,29H,6-7,20-21H2,1-5H3,(H,33,37)/t22-,29-/m1/s1. The molecule has 11 heteroatoms. The van der Waals surface area contributed by atoms with Crippen molar-refractivity contribution in [2.75, 3.05) is 25.1 Å². The number of halogens is 1. The second-order valence-electron chi connectivity index (χ2n) is 9.78. The second kappa shape index (κ2) is 14.9. The summed E-state index contributed by atoms with van der Waals surface area (Å²) in [7, 11) is -1.18. The first-order valence-electron chi connectivity index (χ1n) is 13.7. The molecule has 0 bridgehead atoms. The van der Waals surface area contributed by atoms with Crippen LogP contribution in [0.4, 0.5) is 5.69 Å². The van der Waals surface area contributed by atoms with E-state index in [1.165, 1.54) is 42.3 Å². The lowest BCUT2D eigenvalue weighted by molar-refractivity contribution is -0.140. The van der Waals surface area contributed by atoms with E-state index in [1.54, 1.807) is 49.6 Å². The van der Waals surface area contributed by atoms with Crippen LogP contribution in [-0.2, 0) is 26.2 Å². The van der Waals surface area contributed by atoms with Crippen molar-refractivity contribution in [2.45, 2.75) is 57.1 Å². The lowest BCUT2D eigenvalue weighted by Crippen LogP contribution is -2.53. The van der Waals surface area contributed by atoms with Gasteiger partial charge in [0, 0.05) is 17.6 Å². The number of hydrogen-bond acceptors (Lipinski definition) is 6. The van der Waals surface area contributed by atoms with Gasteiger partial charge in [-0.05, 0) is 79.9 Å². The van der Waals surface area contributed by atoms with Crippen molar-refractivity contribution in [3.8, 4) is 11.5 Å². The van der Waals surface area contributed by atoms with E-state index in [9.17, 15) is 18.0 Å². The summed E-state index contributed by atoms with van der Waals surface area (Å²) in [5.74, 6) is 0.286. The molecule has 0 aliphatic heterocycles. The first-order valence-corrected chi connectivity index (χ1v) is 15.5. The van der Waals surface area contributed by atoms with Gasteiger partial charge in [0.2, 0.25) is 11.8 Å². The number of carbonyl (C=O) groups excluding carboxylic acids is 2. The van der Waals surface area contributed by atoms with E-state index in [2.05, 4.69) is 5.32 Å². The molecule has 3 rings (SSSR count). The Bertz CT molecular complexity index is 1450. The number of nitrogens with zero attached hydrogens (tertiary/aromatic N) is 2. The lowest BCUT2D eigenvalue weighted by Gasteiger charge is -2.33. The predicted molar refractivity (Wildman–Crippen MR) is 164 cm³/mol. The minimum Gasteiger partial charge on any atom is -0.497 e. The van der Waals surface area contributed by atoms with Gasteiger partial charge in [0.1, 0.15) is 24.1 Å². The van der Waals surface area contributed by atoms with Crippen LogP contribution in [0.2, 0.25) is 5.02 Å². The number of rotatable bonds is 14. The third kappa shape index (κ3) is 8.17. The van der Waals surface area contributed by atoms with Crippen LogP contribution >= 0.6 is 11.6 Å². The maximum Gasteiger partial charge on any atom is 0.264 e. The van der Waals surface area contributed by atoms with Crippen LogP contribution in [0.3, 0.4) is 0 Å². The number of ether oxygens (including phenoxy) is 2. The number of methoxy groups -OCH3 is 2. The normalized spacial score (nSPS) is 12.6. The van der Waals surface area contributed by atoms with E-state index in [4.69, 9.17) is 21.1 Å². The highest BCUT2D eigenvalue weighted by atomic mass is 35.5. The van der Waals surface area contributed by atoms with Gasteiger partial charge in [0.25, 0.3) is 10.0 Å². The summed E-state index contributed by atoms with van der Waals surface area (Å²) < 4.78 is 39.4. The molecule has 0 saturated heterocycles. The van der Waals surface area contributed by atoms with E-state index in [0.717, 1.165) is 16.3 Å². The van der Waals surface area contributed by atoms with Gasteiger partial charge in [0.15, 0.2) is 0 Å². The maximum absolute atomic E-state index is 14.1. The molecule has 0 spiro atoms. The Morgan fingerprint density at radius 1 is 0.905 bits per heavy atom. The number of benzene rings is 3. The Hall–Kier alpha value is -3.76. The number of nitrogens with one attached hydrogen (secondary N) is 1. The highest BCUT2D eigenvalue weighted by Crippen LogP contribution is 2.28. The van der Waals surface area contributed by atoms with Crippen molar-refractivity contribution in [1.29, 1.82) is 0 Å². The summed E-state index contributed by atoms with van der Waals surface area (Å²) >= 11 is 6.24. The second-order valence-corrected chi connectivity index (χ2v) is 12.1. The molecular formula is C31H38ClN3O6S. The molecule has 0 saturated carbocycles. The van der Waals surface area contributed by atoms with Gasteiger partial charge < -0.3 is 19.7 Å². The molecule has 0 aromatic heterocycles. The molecule has 0 aliphatic carbocycles. The Kier molecular flexibility index (Phi) is 11.6. The van der Waals surface area contributed by atoms with Gasteiger partial charge in [-0.3, -0.25) is 13.9 Å². The summed E-state index contributed by atoms with van der Waals surface area (Å²) in [6.45, 7) is 5.19. The van der Waals surface area contributed by atoms with Crippen LogP contribution in [0.15, 0.2) is 77.7 Å². The van der Waals surface area contributed by atoms with Crippen LogP contribution in [0.25, 0.3) is 0 Å². The Labute approximate surface area is 253 Å². The van der Waals surface area contributed by atoms with E-state index < -0.39 is 28.5 Å². The number of carbonyl (C=O) groups is 2. The van der Waals surface area contributed by atoms with Crippen molar-refractivity contribution in [2.24, 2.45) is 0 Å². The smallest absolute Gasteiger partial charge is 0.264 e. The Morgan fingerprint density at radius 3 is 2.02 bits per heavy atom. The maximum atomic E-state index is 14.1. The van der Waals surface area contributed by atoms with E-state index >= 15 is 0 Å². The fourth-order valence-corrected chi connectivity index (χ4v) is 5.91. The third-order valence-corrected chi connectivity index (χ3v) is 8.94. The molecule has 42 heavy (non-hydrogen) atoms. The summed E-state index contributed by atoms with van der Waals surface area (Å²) in [6.07, 6.45) is 1.05. The van der Waals surface area contributed by atoms with Crippen LogP contribution < -0.4 is 19.1 Å². The van der Waals surface area contributed by atoms with Gasteiger partial charge in [-0.1, -0.05) is 43.6 Å². The van der Waals surface area contributed by atoms with E-state index in [-0.39, 0.29) is 29.1 Å². The summed E-state index contributed by atoms with van der Waals surface area (Å²) in [5, 5.41) is 3.27. The van der Waals surface area contributed by atoms with Gasteiger partial charge in [0.05, 0.1) is 24.8 Å². The average molecular weight is 616 g/mol. The summed E-state index contributed by atoms with van der Waals surface area (Å²) in [5.41, 5.74) is 0.972. The first-order chi connectivity index (χ1) is 20.0. The van der Waals surface area contributed by atoms with Crippen LogP contribution in [0.5, 0.6) is 11.5 Å². The van der Waals surface area contributed by atoms with Gasteiger partial charge in [-0.2, -0.15) is 0 Å². The molecule has 1 N–H and O–H groups in total. The van der Waals surface area contributed by atoms with Crippen molar-refractivity contribution >= 4 is 39.1 Å².